The van der Waals surface area contributed by atoms with E-state index in [9.17, 15) is 4.79 Å². The predicted octanol–water partition coefficient (Wildman–Crippen LogP) is 3.91. The zero-order valence-electron chi connectivity index (χ0n) is 11.0. The van der Waals surface area contributed by atoms with Crippen molar-refractivity contribution in [2.24, 2.45) is 0 Å². The van der Waals surface area contributed by atoms with Crippen molar-refractivity contribution in [2.75, 3.05) is 7.11 Å². The van der Waals surface area contributed by atoms with Gasteiger partial charge in [-0.05, 0) is 31.9 Å². The average Bonchev–Trinajstić information content (AvgIpc) is 2.75. The highest BCUT2D eigenvalue weighted by Crippen LogP contribution is 2.26. The molecule has 0 N–H and O–H groups in total. The number of benzene rings is 1. The van der Waals surface area contributed by atoms with Crippen LogP contribution in [0, 0.1) is 20.8 Å². The fourth-order valence-corrected chi connectivity index (χ4v) is 3.01. The fourth-order valence-electron chi connectivity index (χ4n) is 2.21. The van der Waals surface area contributed by atoms with Crippen LogP contribution >= 0.6 is 11.3 Å². The molecule has 0 aliphatic carbocycles. The largest absolute Gasteiger partial charge is 0.496 e. The van der Waals surface area contributed by atoms with Crippen molar-refractivity contribution in [3.8, 4) is 5.75 Å². The molecule has 94 valence electrons. The van der Waals surface area contributed by atoms with Crippen molar-refractivity contribution < 1.29 is 9.53 Å². The van der Waals surface area contributed by atoms with Gasteiger partial charge in [0.25, 0.3) is 0 Å². The quantitative estimate of drug-likeness (QED) is 0.782. The van der Waals surface area contributed by atoms with E-state index in [-0.39, 0.29) is 5.78 Å². The molecule has 0 fully saturated rings. The standard InChI is InChI=1S/C15H16O2S/c1-9-5-10(2)14(11(3)6-9)15(16)13-7-12(17-4)8-18-13/h5-8H,1-4H3. The van der Waals surface area contributed by atoms with Crippen molar-refractivity contribution in [2.45, 2.75) is 20.8 Å². The number of aryl methyl sites for hydroxylation is 3. The number of thiophene rings is 1. The van der Waals surface area contributed by atoms with Crippen LogP contribution in [0.2, 0.25) is 0 Å². The van der Waals surface area contributed by atoms with E-state index >= 15 is 0 Å². The van der Waals surface area contributed by atoms with Crippen LogP contribution in [0.3, 0.4) is 0 Å². The maximum absolute atomic E-state index is 12.5. The van der Waals surface area contributed by atoms with Crippen LogP contribution in [-0.4, -0.2) is 12.9 Å². The first kappa shape index (κ1) is 12.8. The Kier molecular flexibility index (Phi) is 3.53. The number of hydrogen-bond acceptors (Lipinski definition) is 3. The van der Waals surface area contributed by atoms with Gasteiger partial charge in [0, 0.05) is 17.0 Å². The molecule has 0 saturated heterocycles. The van der Waals surface area contributed by atoms with Crippen molar-refractivity contribution in [1.29, 1.82) is 0 Å². The minimum Gasteiger partial charge on any atom is -0.496 e. The third-order valence-electron chi connectivity index (χ3n) is 2.94. The molecule has 2 aromatic rings. The SMILES string of the molecule is COc1csc(C(=O)c2c(C)cc(C)cc2C)c1. The van der Waals surface area contributed by atoms with Crippen molar-refractivity contribution in [1.82, 2.24) is 0 Å². The van der Waals surface area contributed by atoms with Gasteiger partial charge < -0.3 is 4.74 Å². The monoisotopic (exact) mass is 260 g/mol. The molecule has 0 unspecified atom stereocenters. The van der Waals surface area contributed by atoms with E-state index < -0.39 is 0 Å². The zero-order chi connectivity index (χ0) is 13.3. The molecule has 0 bridgehead atoms. The fraction of sp³-hybridized carbons (Fsp3) is 0.267. The van der Waals surface area contributed by atoms with E-state index in [1.165, 1.54) is 16.9 Å². The van der Waals surface area contributed by atoms with Crippen LogP contribution in [-0.2, 0) is 0 Å². The van der Waals surface area contributed by atoms with Crippen LogP contribution in [0.15, 0.2) is 23.6 Å². The van der Waals surface area contributed by atoms with Gasteiger partial charge in [0.15, 0.2) is 0 Å². The van der Waals surface area contributed by atoms with Gasteiger partial charge in [0.2, 0.25) is 5.78 Å². The Balaban J connectivity index is 2.46. The van der Waals surface area contributed by atoms with Crippen LogP contribution in [0.5, 0.6) is 5.75 Å². The first-order valence-corrected chi connectivity index (χ1v) is 6.66. The lowest BCUT2D eigenvalue weighted by Gasteiger charge is -2.09. The summed E-state index contributed by atoms with van der Waals surface area (Å²) < 4.78 is 5.12. The minimum atomic E-state index is 0.0818. The Morgan fingerprint density at radius 2 is 1.72 bits per heavy atom. The second-order valence-electron chi connectivity index (χ2n) is 4.45. The predicted molar refractivity (Wildman–Crippen MR) is 75.0 cm³/mol. The van der Waals surface area contributed by atoms with Crippen molar-refractivity contribution >= 4 is 17.1 Å². The minimum absolute atomic E-state index is 0.0818. The lowest BCUT2D eigenvalue weighted by molar-refractivity contribution is 0.104. The third kappa shape index (κ3) is 2.31. The van der Waals surface area contributed by atoms with Crippen LogP contribution < -0.4 is 4.74 Å². The second kappa shape index (κ2) is 4.94. The first-order chi connectivity index (χ1) is 8.52. The van der Waals surface area contributed by atoms with Gasteiger partial charge in [0.1, 0.15) is 5.75 Å². The van der Waals surface area contributed by atoms with Crippen LogP contribution in [0.4, 0.5) is 0 Å². The highest BCUT2D eigenvalue weighted by molar-refractivity contribution is 7.12. The van der Waals surface area contributed by atoms with Crippen molar-refractivity contribution in [3.63, 3.8) is 0 Å². The molecular formula is C15H16O2S. The highest BCUT2D eigenvalue weighted by atomic mass is 32.1. The maximum atomic E-state index is 12.5. The average molecular weight is 260 g/mol. The lowest BCUT2D eigenvalue weighted by Crippen LogP contribution is -2.05. The molecule has 0 aliphatic heterocycles. The van der Waals surface area contributed by atoms with E-state index in [1.807, 2.05) is 38.3 Å². The number of ketones is 1. The van der Waals surface area contributed by atoms with Crippen LogP contribution in [0.1, 0.15) is 31.9 Å². The molecular weight excluding hydrogens is 244 g/mol. The number of hydrogen-bond donors (Lipinski definition) is 0. The third-order valence-corrected chi connectivity index (χ3v) is 3.85. The van der Waals surface area contributed by atoms with E-state index in [2.05, 4.69) is 0 Å². The van der Waals surface area contributed by atoms with E-state index in [4.69, 9.17) is 4.74 Å². The Hall–Kier alpha value is -1.61. The molecule has 0 aliphatic rings. The van der Waals surface area contributed by atoms with Gasteiger partial charge in [-0.3, -0.25) is 4.79 Å². The number of carbonyl (C=O) groups is 1. The second-order valence-corrected chi connectivity index (χ2v) is 5.36. The van der Waals surface area contributed by atoms with E-state index in [1.54, 1.807) is 13.2 Å². The smallest absolute Gasteiger partial charge is 0.203 e. The molecule has 0 radical (unpaired) electrons. The lowest BCUT2D eigenvalue weighted by atomic mass is 9.96. The summed E-state index contributed by atoms with van der Waals surface area (Å²) in [7, 11) is 1.61. The summed E-state index contributed by atoms with van der Waals surface area (Å²) in [6, 6.07) is 5.89. The van der Waals surface area contributed by atoms with Crippen LogP contribution in [0.25, 0.3) is 0 Å². The van der Waals surface area contributed by atoms with Gasteiger partial charge in [-0.1, -0.05) is 17.7 Å². The molecule has 18 heavy (non-hydrogen) atoms. The summed E-state index contributed by atoms with van der Waals surface area (Å²) in [5, 5.41) is 1.85. The summed E-state index contributed by atoms with van der Waals surface area (Å²) >= 11 is 1.42. The Morgan fingerprint density at radius 3 is 2.22 bits per heavy atom. The molecule has 2 rings (SSSR count). The zero-order valence-corrected chi connectivity index (χ0v) is 11.9. The molecule has 0 amide bonds. The molecule has 0 atom stereocenters. The van der Waals surface area contributed by atoms with Gasteiger partial charge in [0.05, 0.1) is 12.0 Å². The Morgan fingerprint density at radius 1 is 1.11 bits per heavy atom. The van der Waals surface area contributed by atoms with Gasteiger partial charge in [-0.15, -0.1) is 11.3 Å². The van der Waals surface area contributed by atoms with Gasteiger partial charge in [-0.2, -0.15) is 0 Å². The summed E-state index contributed by atoms with van der Waals surface area (Å²) in [5.74, 6) is 0.823. The summed E-state index contributed by atoms with van der Waals surface area (Å²) in [6.07, 6.45) is 0. The molecule has 3 heteroatoms. The summed E-state index contributed by atoms with van der Waals surface area (Å²) in [5.41, 5.74) is 4.06. The topological polar surface area (TPSA) is 26.3 Å². The molecule has 1 aromatic heterocycles. The maximum Gasteiger partial charge on any atom is 0.203 e. The summed E-state index contributed by atoms with van der Waals surface area (Å²) in [4.78, 5) is 13.2. The van der Waals surface area contributed by atoms with Crippen molar-refractivity contribution in [3.05, 3.63) is 50.7 Å². The van der Waals surface area contributed by atoms with Gasteiger partial charge in [-0.25, -0.2) is 0 Å². The molecule has 1 aromatic carbocycles. The number of ether oxygens (including phenoxy) is 1. The van der Waals surface area contributed by atoms with E-state index in [0.717, 1.165) is 27.3 Å². The first-order valence-electron chi connectivity index (χ1n) is 5.78. The molecule has 1 heterocycles. The normalized spacial score (nSPS) is 10.4. The number of rotatable bonds is 3. The highest BCUT2D eigenvalue weighted by Gasteiger charge is 2.17. The molecule has 0 saturated carbocycles. The number of methoxy groups -OCH3 is 1. The Labute approximate surface area is 111 Å². The summed E-state index contributed by atoms with van der Waals surface area (Å²) in [6.45, 7) is 6.01. The molecule has 0 spiro atoms. The Bertz CT molecular complexity index is 573. The van der Waals surface area contributed by atoms with E-state index in [0.29, 0.717) is 0 Å². The van der Waals surface area contributed by atoms with Gasteiger partial charge >= 0.3 is 0 Å². The number of carbonyl (C=O) groups excluding carboxylic acids is 1. The molecule has 2 nitrogen and oxygen atoms in total.